The van der Waals surface area contributed by atoms with Gasteiger partial charge in [0, 0.05) is 29.3 Å². The van der Waals surface area contributed by atoms with E-state index in [0.29, 0.717) is 0 Å². The van der Waals surface area contributed by atoms with Crippen molar-refractivity contribution in [1.82, 2.24) is 15.6 Å². The molecule has 0 saturated heterocycles. The van der Waals surface area contributed by atoms with Gasteiger partial charge in [-0.2, -0.15) is 0 Å². The Balaban J connectivity index is 1.83. The number of rotatable bonds is 6. The number of thiophene rings is 1. The van der Waals surface area contributed by atoms with Crippen LogP contribution in [0.15, 0.2) is 22.5 Å². The van der Waals surface area contributed by atoms with Crippen molar-refractivity contribution in [3.05, 3.63) is 38.0 Å². The van der Waals surface area contributed by atoms with Crippen LogP contribution in [0.1, 0.15) is 27.4 Å². The van der Waals surface area contributed by atoms with Crippen molar-refractivity contribution in [3.8, 4) is 0 Å². The van der Waals surface area contributed by atoms with Crippen molar-refractivity contribution < 1.29 is 0 Å². The van der Waals surface area contributed by atoms with E-state index in [4.69, 9.17) is 0 Å². The number of aromatic nitrogens is 1. The summed E-state index contributed by atoms with van der Waals surface area (Å²) >= 11 is 3.52. The van der Waals surface area contributed by atoms with Gasteiger partial charge in [0.25, 0.3) is 0 Å². The molecule has 2 aromatic heterocycles. The zero-order chi connectivity index (χ0) is 15.1. The summed E-state index contributed by atoms with van der Waals surface area (Å²) in [7, 11) is 0. The maximum atomic E-state index is 4.60. The smallest absolute Gasteiger partial charge is 0.191 e. The molecule has 0 atom stereocenters. The number of aliphatic imine (C=N–C) groups is 1. The number of nitrogens with one attached hydrogen (secondary N) is 2. The molecule has 0 aromatic carbocycles. The summed E-state index contributed by atoms with van der Waals surface area (Å²) in [4.78, 5) is 11.7. The lowest BCUT2D eigenvalue weighted by molar-refractivity contribution is 0.796. The fraction of sp³-hybridized carbons (Fsp3) is 0.467. The average molecular weight is 323 g/mol. The molecule has 0 spiro atoms. The summed E-state index contributed by atoms with van der Waals surface area (Å²) in [6.45, 7) is 8.71. The van der Waals surface area contributed by atoms with Gasteiger partial charge in [-0.25, -0.2) is 9.98 Å². The average Bonchev–Trinajstić information content (AvgIpc) is 3.07. The normalized spacial score (nSPS) is 11.7. The number of hydrogen-bond acceptors (Lipinski definition) is 4. The SMILES string of the molecule is CCNC(=NCc1cccs1)NCCc1nc(C)c(C)s1. The van der Waals surface area contributed by atoms with Crippen LogP contribution in [0.2, 0.25) is 0 Å². The Kier molecular flexibility index (Phi) is 6.20. The standard InChI is InChI=1S/C15H22N4S2/c1-4-16-15(18-10-13-6-5-9-20-13)17-8-7-14-19-11(2)12(3)21-14/h5-6,9H,4,7-8,10H2,1-3H3,(H2,16,17,18). The monoisotopic (exact) mass is 322 g/mol. The molecule has 21 heavy (non-hydrogen) atoms. The molecule has 0 unspecified atom stereocenters. The van der Waals surface area contributed by atoms with Crippen molar-refractivity contribution in [2.75, 3.05) is 13.1 Å². The van der Waals surface area contributed by atoms with Gasteiger partial charge < -0.3 is 10.6 Å². The van der Waals surface area contributed by atoms with E-state index in [0.717, 1.165) is 37.7 Å². The molecule has 0 saturated carbocycles. The van der Waals surface area contributed by atoms with Gasteiger partial charge in [-0.15, -0.1) is 22.7 Å². The van der Waals surface area contributed by atoms with Crippen LogP contribution in [0.4, 0.5) is 0 Å². The van der Waals surface area contributed by atoms with E-state index in [-0.39, 0.29) is 0 Å². The molecule has 0 aliphatic heterocycles. The van der Waals surface area contributed by atoms with Crippen molar-refractivity contribution in [3.63, 3.8) is 0 Å². The molecule has 4 nitrogen and oxygen atoms in total. The van der Waals surface area contributed by atoms with Crippen LogP contribution in [0.3, 0.4) is 0 Å². The molecule has 114 valence electrons. The molecule has 2 N–H and O–H groups in total. The second kappa shape index (κ2) is 8.14. The van der Waals surface area contributed by atoms with E-state index < -0.39 is 0 Å². The number of nitrogens with zero attached hydrogens (tertiary/aromatic N) is 2. The second-order valence-corrected chi connectivity index (χ2v) is 7.02. The van der Waals surface area contributed by atoms with E-state index in [2.05, 4.69) is 58.9 Å². The Labute approximate surface area is 134 Å². The maximum Gasteiger partial charge on any atom is 0.191 e. The summed E-state index contributed by atoms with van der Waals surface area (Å²) in [6, 6.07) is 4.17. The highest BCUT2D eigenvalue weighted by Gasteiger charge is 2.04. The van der Waals surface area contributed by atoms with Crippen molar-refractivity contribution in [1.29, 1.82) is 0 Å². The predicted molar refractivity (Wildman–Crippen MR) is 92.4 cm³/mol. The minimum Gasteiger partial charge on any atom is -0.357 e. The Morgan fingerprint density at radius 2 is 2.19 bits per heavy atom. The molecule has 2 rings (SSSR count). The summed E-state index contributed by atoms with van der Waals surface area (Å²) in [6.07, 6.45) is 0.933. The lowest BCUT2D eigenvalue weighted by Gasteiger charge is -2.10. The van der Waals surface area contributed by atoms with Gasteiger partial charge in [-0.05, 0) is 32.2 Å². The van der Waals surface area contributed by atoms with Crippen molar-refractivity contribution >= 4 is 28.6 Å². The third-order valence-electron chi connectivity index (χ3n) is 3.02. The lowest BCUT2D eigenvalue weighted by Crippen LogP contribution is -2.38. The minimum atomic E-state index is 0.725. The zero-order valence-corrected chi connectivity index (χ0v) is 14.4. The topological polar surface area (TPSA) is 49.3 Å². The molecule has 0 amide bonds. The van der Waals surface area contributed by atoms with Gasteiger partial charge >= 0.3 is 0 Å². The molecule has 2 aromatic rings. The van der Waals surface area contributed by atoms with E-state index in [1.807, 2.05) is 0 Å². The molecule has 0 bridgehead atoms. The molecule has 0 fully saturated rings. The number of hydrogen-bond donors (Lipinski definition) is 2. The molecule has 0 radical (unpaired) electrons. The fourth-order valence-electron chi connectivity index (χ4n) is 1.84. The van der Waals surface area contributed by atoms with Gasteiger partial charge in [0.15, 0.2) is 5.96 Å². The van der Waals surface area contributed by atoms with Gasteiger partial charge in [0.2, 0.25) is 0 Å². The highest BCUT2D eigenvalue weighted by molar-refractivity contribution is 7.11. The molecular formula is C15H22N4S2. The van der Waals surface area contributed by atoms with Crippen molar-refractivity contribution in [2.24, 2.45) is 4.99 Å². The van der Waals surface area contributed by atoms with Crippen LogP contribution in [-0.2, 0) is 13.0 Å². The van der Waals surface area contributed by atoms with Crippen LogP contribution in [0.25, 0.3) is 0 Å². The van der Waals surface area contributed by atoms with Gasteiger partial charge in [-0.1, -0.05) is 6.07 Å². The first-order valence-electron chi connectivity index (χ1n) is 7.16. The fourth-order valence-corrected chi connectivity index (χ4v) is 3.40. The number of aryl methyl sites for hydroxylation is 2. The van der Waals surface area contributed by atoms with Gasteiger partial charge in [-0.3, -0.25) is 0 Å². The highest BCUT2D eigenvalue weighted by atomic mass is 32.1. The maximum absolute atomic E-state index is 4.60. The van der Waals surface area contributed by atoms with Crippen LogP contribution in [0.5, 0.6) is 0 Å². The summed E-state index contributed by atoms with van der Waals surface area (Å²) in [5.74, 6) is 0.871. The number of guanidine groups is 1. The first kappa shape index (κ1) is 16.0. The number of thiazole rings is 1. The van der Waals surface area contributed by atoms with E-state index in [9.17, 15) is 0 Å². The molecule has 6 heteroatoms. The Hall–Kier alpha value is -1.40. The van der Waals surface area contributed by atoms with Crippen LogP contribution in [0, 0.1) is 13.8 Å². The van der Waals surface area contributed by atoms with Crippen LogP contribution >= 0.6 is 22.7 Å². The van der Waals surface area contributed by atoms with Crippen molar-refractivity contribution in [2.45, 2.75) is 33.7 Å². The first-order valence-corrected chi connectivity index (χ1v) is 8.86. The molecule has 0 aliphatic rings. The summed E-state index contributed by atoms with van der Waals surface area (Å²) < 4.78 is 0. The van der Waals surface area contributed by atoms with Crippen LogP contribution in [-0.4, -0.2) is 24.0 Å². The van der Waals surface area contributed by atoms with E-state index in [1.54, 1.807) is 22.7 Å². The van der Waals surface area contributed by atoms with Gasteiger partial charge in [0.05, 0.1) is 17.2 Å². The van der Waals surface area contributed by atoms with E-state index >= 15 is 0 Å². The largest absolute Gasteiger partial charge is 0.357 e. The third-order valence-corrected chi connectivity index (χ3v) is 5.02. The molecular weight excluding hydrogens is 300 g/mol. The molecule has 0 aliphatic carbocycles. The van der Waals surface area contributed by atoms with Crippen LogP contribution < -0.4 is 10.6 Å². The Morgan fingerprint density at radius 1 is 1.33 bits per heavy atom. The van der Waals surface area contributed by atoms with E-state index in [1.165, 1.54) is 14.8 Å². The summed E-state index contributed by atoms with van der Waals surface area (Å²) in [5, 5.41) is 9.91. The highest BCUT2D eigenvalue weighted by Crippen LogP contribution is 2.16. The van der Waals surface area contributed by atoms with Gasteiger partial charge in [0.1, 0.15) is 0 Å². The lowest BCUT2D eigenvalue weighted by atomic mass is 10.4. The Morgan fingerprint density at radius 3 is 2.81 bits per heavy atom. The third kappa shape index (κ3) is 5.13. The second-order valence-electron chi connectivity index (χ2n) is 4.70. The first-order chi connectivity index (χ1) is 10.2. The Bertz CT molecular complexity index is 553. The molecule has 2 heterocycles. The quantitative estimate of drug-likeness (QED) is 0.634. The minimum absolute atomic E-state index is 0.725. The summed E-state index contributed by atoms with van der Waals surface area (Å²) in [5.41, 5.74) is 1.15. The zero-order valence-electron chi connectivity index (χ0n) is 12.8. The predicted octanol–water partition coefficient (Wildman–Crippen LogP) is 3.12.